The first-order valence-electron chi connectivity index (χ1n) is 5.71. The van der Waals surface area contributed by atoms with Gasteiger partial charge in [0.1, 0.15) is 11.3 Å². The number of aromatic nitrogens is 4. The Labute approximate surface area is 118 Å². The van der Waals surface area contributed by atoms with E-state index in [1.54, 1.807) is 12.3 Å². The van der Waals surface area contributed by atoms with Crippen molar-refractivity contribution in [3.63, 3.8) is 0 Å². The van der Waals surface area contributed by atoms with E-state index in [1.165, 1.54) is 12.4 Å². The van der Waals surface area contributed by atoms with Crippen LogP contribution in [0, 0.1) is 0 Å². The van der Waals surface area contributed by atoms with Gasteiger partial charge in [-0.25, -0.2) is 15.0 Å². The van der Waals surface area contributed by atoms with Crippen LogP contribution in [0.3, 0.4) is 0 Å². The summed E-state index contributed by atoms with van der Waals surface area (Å²) in [5.74, 6) is -0.133. The van der Waals surface area contributed by atoms with E-state index in [0.29, 0.717) is 5.65 Å². The molecule has 0 saturated carbocycles. The number of hydrogen-bond acceptors (Lipinski definition) is 5. The highest BCUT2D eigenvalue weighted by Crippen LogP contribution is 2.13. The maximum absolute atomic E-state index is 12.0. The topological polar surface area (TPSA) is 95.6 Å². The number of halogens is 1. The fourth-order valence-corrected chi connectivity index (χ4v) is 1.79. The molecule has 0 aliphatic rings. The van der Waals surface area contributed by atoms with Crippen molar-refractivity contribution >= 4 is 34.4 Å². The number of amides is 1. The van der Waals surface area contributed by atoms with Crippen LogP contribution in [-0.2, 0) is 0 Å². The van der Waals surface area contributed by atoms with Crippen LogP contribution in [0.1, 0.15) is 10.5 Å². The second-order valence-corrected chi connectivity index (χ2v) is 4.24. The third-order valence-electron chi connectivity index (χ3n) is 2.59. The van der Waals surface area contributed by atoms with Crippen molar-refractivity contribution in [3.05, 3.63) is 47.6 Å². The van der Waals surface area contributed by atoms with Gasteiger partial charge in [0.15, 0.2) is 11.0 Å². The molecule has 0 aliphatic heterocycles. The highest BCUT2D eigenvalue weighted by Gasteiger charge is 2.09. The second kappa shape index (κ2) is 5.14. The molecule has 100 valence electrons. The van der Waals surface area contributed by atoms with Gasteiger partial charge in [-0.1, -0.05) is 11.6 Å². The second-order valence-electron chi connectivity index (χ2n) is 3.89. The zero-order chi connectivity index (χ0) is 13.9. The standard InChI is InChI=1S/C12H9ClN6O/c13-9-11(16-6-5-14-9)18-19-12(20)8-2-1-7-3-4-15-10(7)17-8/h1-6H,(H,15,17)(H,16,18)(H,19,20). The van der Waals surface area contributed by atoms with Gasteiger partial charge in [-0.2, -0.15) is 0 Å². The molecule has 0 bridgehead atoms. The smallest absolute Gasteiger partial charge is 0.288 e. The number of rotatable bonds is 3. The van der Waals surface area contributed by atoms with Crippen LogP contribution in [-0.4, -0.2) is 25.8 Å². The highest BCUT2D eigenvalue weighted by atomic mass is 35.5. The lowest BCUT2D eigenvalue weighted by Gasteiger charge is -2.07. The van der Waals surface area contributed by atoms with Crippen molar-refractivity contribution in [3.8, 4) is 0 Å². The van der Waals surface area contributed by atoms with Crippen LogP contribution in [0.4, 0.5) is 5.82 Å². The van der Waals surface area contributed by atoms with Gasteiger partial charge in [0.05, 0.1) is 0 Å². The molecule has 0 saturated heterocycles. The normalized spacial score (nSPS) is 10.4. The number of fused-ring (bicyclic) bond motifs is 1. The number of H-pyrrole nitrogens is 1. The molecule has 0 unspecified atom stereocenters. The number of nitrogens with zero attached hydrogens (tertiary/aromatic N) is 3. The Morgan fingerprint density at radius 1 is 1.20 bits per heavy atom. The highest BCUT2D eigenvalue weighted by molar-refractivity contribution is 6.31. The number of hydrazine groups is 1. The number of nitrogens with one attached hydrogen (secondary N) is 3. The first-order valence-corrected chi connectivity index (χ1v) is 6.09. The molecule has 3 aromatic heterocycles. The lowest BCUT2D eigenvalue weighted by molar-refractivity contribution is 0.0958. The molecular formula is C12H9ClN6O. The summed E-state index contributed by atoms with van der Waals surface area (Å²) < 4.78 is 0. The zero-order valence-corrected chi connectivity index (χ0v) is 10.8. The van der Waals surface area contributed by atoms with Crippen LogP contribution >= 0.6 is 11.6 Å². The van der Waals surface area contributed by atoms with Crippen molar-refractivity contribution in [2.24, 2.45) is 0 Å². The average Bonchev–Trinajstić information content (AvgIpc) is 2.93. The molecule has 0 aromatic carbocycles. The summed E-state index contributed by atoms with van der Waals surface area (Å²) in [6.45, 7) is 0. The Morgan fingerprint density at radius 3 is 2.90 bits per heavy atom. The Bertz CT molecular complexity index is 771. The van der Waals surface area contributed by atoms with E-state index in [9.17, 15) is 4.79 Å². The Hall–Kier alpha value is -2.67. The molecule has 0 radical (unpaired) electrons. The quantitative estimate of drug-likeness (QED) is 0.638. The van der Waals surface area contributed by atoms with Gasteiger partial charge >= 0.3 is 0 Å². The minimum absolute atomic E-state index is 0.167. The Morgan fingerprint density at radius 2 is 2.05 bits per heavy atom. The number of anilines is 1. The number of aromatic amines is 1. The fraction of sp³-hybridized carbons (Fsp3) is 0. The van der Waals surface area contributed by atoms with Gasteiger partial charge in [-0.05, 0) is 18.2 Å². The maximum atomic E-state index is 12.0. The summed E-state index contributed by atoms with van der Waals surface area (Å²) in [6, 6.07) is 5.32. The van der Waals surface area contributed by atoms with Gasteiger partial charge in [-0.15, -0.1) is 0 Å². The predicted molar refractivity (Wildman–Crippen MR) is 74.2 cm³/mol. The van der Waals surface area contributed by atoms with Gasteiger partial charge < -0.3 is 4.98 Å². The van der Waals surface area contributed by atoms with E-state index in [-0.39, 0.29) is 16.7 Å². The van der Waals surface area contributed by atoms with E-state index < -0.39 is 5.91 Å². The Kier molecular flexibility index (Phi) is 3.18. The minimum Gasteiger partial charge on any atom is -0.346 e. The van der Waals surface area contributed by atoms with Crippen molar-refractivity contribution in [2.75, 3.05) is 5.43 Å². The van der Waals surface area contributed by atoms with E-state index in [4.69, 9.17) is 11.6 Å². The molecule has 8 heteroatoms. The van der Waals surface area contributed by atoms with Gasteiger partial charge in [-0.3, -0.25) is 15.6 Å². The number of hydrogen-bond donors (Lipinski definition) is 3. The monoisotopic (exact) mass is 288 g/mol. The largest absolute Gasteiger partial charge is 0.346 e. The van der Waals surface area contributed by atoms with E-state index in [0.717, 1.165) is 5.39 Å². The van der Waals surface area contributed by atoms with Gasteiger partial charge in [0, 0.05) is 24.0 Å². The summed E-state index contributed by atoms with van der Waals surface area (Å²) in [4.78, 5) is 26.9. The van der Waals surface area contributed by atoms with Crippen LogP contribution in [0.2, 0.25) is 5.15 Å². The lowest BCUT2D eigenvalue weighted by atomic mass is 10.3. The molecule has 3 heterocycles. The van der Waals surface area contributed by atoms with Gasteiger partial charge in [0.2, 0.25) is 0 Å². The molecule has 20 heavy (non-hydrogen) atoms. The number of pyridine rings is 1. The first-order chi connectivity index (χ1) is 9.74. The van der Waals surface area contributed by atoms with E-state index in [2.05, 4.69) is 30.8 Å². The van der Waals surface area contributed by atoms with E-state index in [1.807, 2.05) is 12.1 Å². The molecule has 3 aromatic rings. The molecule has 3 rings (SSSR count). The zero-order valence-electron chi connectivity index (χ0n) is 10.1. The number of carbonyl (C=O) groups is 1. The molecule has 1 amide bonds. The maximum Gasteiger partial charge on any atom is 0.288 e. The first kappa shape index (κ1) is 12.4. The molecule has 0 spiro atoms. The summed E-state index contributed by atoms with van der Waals surface area (Å²) >= 11 is 5.81. The van der Waals surface area contributed by atoms with Crippen molar-refractivity contribution in [1.82, 2.24) is 25.4 Å². The van der Waals surface area contributed by atoms with Crippen LogP contribution in [0.25, 0.3) is 11.0 Å². The van der Waals surface area contributed by atoms with Crippen molar-refractivity contribution in [1.29, 1.82) is 0 Å². The average molecular weight is 289 g/mol. The summed E-state index contributed by atoms with van der Waals surface area (Å²) in [5, 5.41) is 1.10. The van der Waals surface area contributed by atoms with Crippen LogP contribution < -0.4 is 10.9 Å². The predicted octanol–water partition coefficient (Wildman–Crippen LogP) is 1.76. The fourth-order valence-electron chi connectivity index (χ4n) is 1.64. The summed E-state index contributed by atoms with van der Waals surface area (Å²) in [6.07, 6.45) is 4.68. The number of carbonyl (C=O) groups excluding carboxylic acids is 1. The molecule has 0 atom stereocenters. The SMILES string of the molecule is O=C(NNc1nccnc1Cl)c1ccc2cc[nH]c2n1. The molecule has 3 N–H and O–H groups in total. The van der Waals surface area contributed by atoms with E-state index >= 15 is 0 Å². The summed E-state index contributed by atoms with van der Waals surface area (Å²) in [7, 11) is 0. The molecule has 0 aliphatic carbocycles. The third-order valence-corrected chi connectivity index (χ3v) is 2.87. The van der Waals surface area contributed by atoms with Crippen molar-refractivity contribution in [2.45, 2.75) is 0 Å². The van der Waals surface area contributed by atoms with Crippen molar-refractivity contribution < 1.29 is 4.79 Å². The Balaban J connectivity index is 1.74. The van der Waals surface area contributed by atoms with Crippen LogP contribution in [0.5, 0.6) is 0 Å². The lowest BCUT2D eigenvalue weighted by Crippen LogP contribution is -2.30. The van der Waals surface area contributed by atoms with Crippen LogP contribution in [0.15, 0.2) is 36.8 Å². The molecule has 0 fully saturated rings. The summed E-state index contributed by atoms with van der Waals surface area (Å²) in [5.41, 5.74) is 5.98. The molecule has 7 nitrogen and oxygen atoms in total. The third kappa shape index (κ3) is 2.39. The van der Waals surface area contributed by atoms with Gasteiger partial charge in [0.25, 0.3) is 5.91 Å². The molecular weight excluding hydrogens is 280 g/mol. The minimum atomic E-state index is -0.400.